The molecule has 2 heterocycles. The first-order valence-electron chi connectivity index (χ1n) is 9.48. The fraction of sp³-hybridized carbons (Fsp3) is 0.125. The van der Waals surface area contributed by atoms with Crippen molar-refractivity contribution < 1.29 is 9.53 Å². The molecule has 0 saturated heterocycles. The molecule has 28 heavy (non-hydrogen) atoms. The first kappa shape index (κ1) is 16.6. The molecule has 0 saturated carbocycles. The number of fused-ring (bicyclic) bond motifs is 3. The van der Waals surface area contributed by atoms with Crippen LogP contribution in [0.2, 0.25) is 0 Å². The molecule has 0 atom stereocenters. The van der Waals surface area contributed by atoms with E-state index >= 15 is 0 Å². The summed E-state index contributed by atoms with van der Waals surface area (Å²) >= 11 is 0. The monoisotopic (exact) mass is 368 g/mol. The Morgan fingerprint density at radius 3 is 2.57 bits per heavy atom. The van der Waals surface area contributed by atoms with Crippen molar-refractivity contribution in [2.24, 2.45) is 0 Å². The Bertz CT molecular complexity index is 1150. The van der Waals surface area contributed by atoms with Gasteiger partial charge in [0, 0.05) is 47.2 Å². The number of aromatic nitrogens is 1. The number of rotatable bonds is 3. The van der Waals surface area contributed by atoms with Crippen LogP contribution in [0.25, 0.3) is 10.9 Å². The Labute approximate surface area is 163 Å². The van der Waals surface area contributed by atoms with E-state index < -0.39 is 0 Å². The standard InChI is InChI=1S/C24H20N2O2/c27-24(17-7-6-10-19(15-17)28-18-8-2-1-3-9-18)26-14-13-23-21(16-26)20-11-4-5-12-22(20)25-23/h1-12,15,25H,13-14,16H2. The molecule has 1 aliphatic rings. The lowest BCUT2D eigenvalue weighted by Crippen LogP contribution is -2.35. The minimum absolute atomic E-state index is 0.0365. The van der Waals surface area contributed by atoms with Gasteiger partial charge in [0.25, 0.3) is 5.91 Å². The van der Waals surface area contributed by atoms with Gasteiger partial charge in [-0.2, -0.15) is 0 Å². The second kappa shape index (κ2) is 6.89. The summed E-state index contributed by atoms with van der Waals surface area (Å²) < 4.78 is 5.88. The maximum Gasteiger partial charge on any atom is 0.254 e. The molecular weight excluding hydrogens is 348 g/mol. The molecular formula is C24H20N2O2. The van der Waals surface area contributed by atoms with Gasteiger partial charge in [-0.15, -0.1) is 0 Å². The molecule has 0 aliphatic carbocycles. The second-order valence-electron chi connectivity index (χ2n) is 7.05. The molecule has 0 unspecified atom stereocenters. The van der Waals surface area contributed by atoms with Crippen LogP contribution in [-0.2, 0) is 13.0 Å². The first-order chi connectivity index (χ1) is 13.8. The van der Waals surface area contributed by atoms with E-state index in [9.17, 15) is 4.79 Å². The highest BCUT2D eigenvalue weighted by Gasteiger charge is 2.24. The zero-order chi connectivity index (χ0) is 18.9. The minimum atomic E-state index is 0.0365. The van der Waals surface area contributed by atoms with Gasteiger partial charge in [0.2, 0.25) is 0 Å². The van der Waals surface area contributed by atoms with Crippen molar-refractivity contribution in [3.05, 3.63) is 95.7 Å². The van der Waals surface area contributed by atoms with Crippen LogP contribution < -0.4 is 4.74 Å². The fourth-order valence-electron chi connectivity index (χ4n) is 3.84. The fourth-order valence-corrected chi connectivity index (χ4v) is 3.84. The Kier molecular flexibility index (Phi) is 4.09. The van der Waals surface area contributed by atoms with Crippen molar-refractivity contribution in [1.29, 1.82) is 0 Å². The van der Waals surface area contributed by atoms with Gasteiger partial charge in [-0.1, -0.05) is 42.5 Å². The molecule has 4 heteroatoms. The molecule has 4 aromatic rings. The van der Waals surface area contributed by atoms with E-state index in [4.69, 9.17) is 4.74 Å². The summed E-state index contributed by atoms with van der Waals surface area (Å²) in [6, 6.07) is 25.3. The van der Waals surface area contributed by atoms with Gasteiger partial charge in [0.15, 0.2) is 0 Å². The normalized spacial score (nSPS) is 13.4. The lowest BCUT2D eigenvalue weighted by atomic mass is 10.0. The van der Waals surface area contributed by atoms with Crippen molar-refractivity contribution in [3.63, 3.8) is 0 Å². The van der Waals surface area contributed by atoms with Crippen LogP contribution in [0.4, 0.5) is 0 Å². The topological polar surface area (TPSA) is 45.3 Å². The molecule has 1 amide bonds. The number of carbonyl (C=O) groups excluding carboxylic acids is 1. The zero-order valence-corrected chi connectivity index (χ0v) is 15.4. The van der Waals surface area contributed by atoms with Crippen LogP contribution in [0.5, 0.6) is 11.5 Å². The van der Waals surface area contributed by atoms with E-state index in [1.807, 2.05) is 71.6 Å². The predicted molar refractivity (Wildman–Crippen MR) is 110 cm³/mol. The summed E-state index contributed by atoms with van der Waals surface area (Å²) in [6.45, 7) is 1.34. The molecule has 1 aliphatic heterocycles. The Balaban J connectivity index is 1.39. The van der Waals surface area contributed by atoms with Crippen molar-refractivity contribution in [1.82, 2.24) is 9.88 Å². The Morgan fingerprint density at radius 2 is 1.68 bits per heavy atom. The number of hydrogen-bond acceptors (Lipinski definition) is 2. The van der Waals surface area contributed by atoms with Gasteiger partial charge in [-0.05, 0) is 36.4 Å². The van der Waals surface area contributed by atoms with E-state index in [1.54, 1.807) is 0 Å². The molecule has 4 nitrogen and oxygen atoms in total. The number of nitrogens with one attached hydrogen (secondary N) is 1. The number of ether oxygens (including phenoxy) is 1. The molecule has 138 valence electrons. The average molecular weight is 368 g/mol. The summed E-state index contributed by atoms with van der Waals surface area (Å²) in [5.41, 5.74) is 4.26. The van der Waals surface area contributed by atoms with E-state index in [0.29, 0.717) is 24.4 Å². The zero-order valence-electron chi connectivity index (χ0n) is 15.4. The van der Waals surface area contributed by atoms with E-state index in [2.05, 4.69) is 17.1 Å². The Morgan fingerprint density at radius 1 is 0.893 bits per heavy atom. The molecule has 0 bridgehead atoms. The maximum atomic E-state index is 13.1. The van der Waals surface area contributed by atoms with E-state index in [-0.39, 0.29) is 5.91 Å². The van der Waals surface area contributed by atoms with Crippen LogP contribution in [0.3, 0.4) is 0 Å². The van der Waals surface area contributed by atoms with Crippen molar-refractivity contribution in [3.8, 4) is 11.5 Å². The quantitative estimate of drug-likeness (QED) is 0.543. The van der Waals surface area contributed by atoms with Gasteiger partial charge in [-0.3, -0.25) is 4.79 Å². The Hall–Kier alpha value is -3.53. The van der Waals surface area contributed by atoms with Crippen molar-refractivity contribution >= 4 is 16.8 Å². The number of hydrogen-bond donors (Lipinski definition) is 1. The summed E-state index contributed by atoms with van der Waals surface area (Å²) in [6.07, 6.45) is 0.843. The maximum absolute atomic E-state index is 13.1. The molecule has 0 spiro atoms. The van der Waals surface area contributed by atoms with Crippen LogP contribution >= 0.6 is 0 Å². The number of benzene rings is 3. The number of amides is 1. The molecule has 0 radical (unpaired) electrons. The first-order valence-corrected chi connectivity index (χ1v) is 9.48. The number of nitrogens with zero attached hydrogens (tertiary/aromatic N) is 1. The number of H-pyrrole nitrogens is 1. The number of carbonyl (C=O) groups is 1. The summed E-state index contributed by atoms with van der Waals surface area (Å²) in [5.74, 6) is 1.46. The third-order valence-electron chi connectivity index (χ3n) is 5.23. The largest absolute Gasteiger partial charge is 0.457 e. The summed E-state index contributed by atoms with van der Waals surface area (Å²) in [4.78, 5) is 18.5. The highest BCUT2D eigenvalue weighted by Crippen LogP contribution is 2.29. The summed E-state index contributed by atoms with van der Waals surface area (Å²) in [5, 5.41) is 1.20. The summed E-state index contributed by atoms with van der Waals surface area (Å²) in [7, 11) is 0. The number of aromatic amines is 1. The average Bonchev–Trinajstić information content (AvgIpc) is 3.12. The van der Waals surface area contributed by atoms with Crippen LogP contribution in [-0.4, -0.2) is 22.3 Å². The lowest BCUT2D eigenvalue weighted by Gasteiger charge is -2.27. The van der Waals surface area contributed by atoms with Gasteiger partial charge in [-0.25, -0.2) is 0 Å². The van der Waals surface area contributed by atoms with Crippen LogP contribution in [0.15, 0.2) is 78.9 Å². The smallest absolute Gasteiger partial charge is 0.254 e. The lowest BCUT2D eigenvalue weighted by molar-refractivity contribution is 0.0735. The van der Waals surface area contributed by atoms with Crippen LogP contribution in [0.1, 0.15) is 21.6 Å². The molecule has 5 rings (SSSR count). The van der Waals surface area contributed by atoms with Gasteiger partial charge >= 0.3 is 0 Å². The second-order valence-corrected chi connectivity index (χ2v) is 7.05. The van der Waals surface area contributed by atoms with Gasteiger partial charge in [0.1, 0.15) is 11.5 Å². The molecule has 1 N–H and O–H groups in total. The van der Waals surface area contributed by atoms with E-state index in [1.165, 1.54) is 16.6 Å². The third-order valence-corrected chi connectivity index (χ3v) is 5.23. The highest BCUT2D eigenvalue weighted by atomic mass is 16.5. The number of para-hydroxylation sites is 2. The van der Waals surface area contributed by atoms with E-state index in [0.717, 1.165) is 17.7 Å². The van der Waals surface area contributed by atoms with Gasteiger partial charge < -0.3 is 14.6 Å². The molecule has 1 aromatic heterocycles. The molecule has 3 aromatic carbocycles. The van der Waals surface area contributed by atoms with Crippen LogP contribution in [0, 0.1) is 0 Å². The van der Waals surface area contributed by atoms with Crippen molar-refractivity contribution in [2.75, 3.05) is 6.54 Å². The predicted octanol–water partition coefficient (Wildman–Crippen LogP) is 5.16. The third kappa shape index (κ3) is 3.03. The molecule has 0 fully saturated rings. The SMILES string of the molecule is O=C(c1cccc(Oc2ccccc2)c1)N1CCc2[nH]c3ccccc3c2C1. The van der Waals surface area contributed by atoms with Crippen molar-refractivity contribution in [2.45, 2.75) is 13.0 Å². The minimum Gasteiger partial charge on any atom is -0.457 e. The highest BCUT2D eigenvalue weighted by molar-refractivity contribution is 5.95. The van der Waals surface area contributed by atoms with Gasteiger partial charge in [0.05, 0.1) is 0 Å².